The molecule has 6 heterocycles. The lowest BCUT2D eigenvalue weighted by molar-refractivity contribution is -0.119. The number of aliphatic hydroxyl groups is 1. The van der Waals surface area contributed by atoms with Crippen LogP contribution < -0.4 is 9.47 Å². The fourth-order valence-electron chi connectivity index (χ4n) is 13.6. The Labute approximate surface area is 524 Å². The number of thioether (sulfide) groups is 1. The van der Waals surface area contributed by atoms with Gasteiger partial charge in [-0.15, -0.1) is 0 Å². The topological polar surface area (TPSA) is 155 Å². The Morgan fingerprint density at radius 2 is 1.09 bits per heavy atom. The van der Waals surface area contributed by atoms with Gasteiger partial charge in [0.2, 0.25) is 0 Å². The summed E-state index contributed by atoms with van der Waals surface area (Å²) in [6.45, 7) is 6.13. The maximum Gasteiger partial charge on any atom is 0.380 e. The van der Waals surface area contributed by atoms with Crippen molar-refractivity contribution >= 4 is 75.9 Å². The maximum atomic E-state index is 15.2. The van der Waals surface area contributed by atoms with Crippen LogP contribution in [-0.4, -0.2) is 118 Å². The van der Waals surface area contributed by atoms with E-state index in [1.54, 1.807) is 18.7 Å². The molecular formula is C64H70B2Cl2F4NO11S3. The summed E-state index contributed by atoms with van der Waals surface area (Å²) in [4.78, 5) is 14.0. The molecule has 0 aliphatic carbocycles. The van der Waals surface area contributed by atoms with Crippen molar-refractivity contribution in [2.45, 2.75) is 121 Å². The molecule has 1 N–H and O–H groups in total. The zero-order valence-electron chi connectivity index (χ0n) is 49.0. The first kappa shape index (κ1) is 68.0. The lowest BCUT2D eigenvalue weighted by Gasteiger charge is -2.50. The van der Waals surface area contributed by atoms with Gasteiger partial charge in [0.15, 0.2) is 42.8 Å². The lowest BCUT2D eigenvalue weighted by Crippen LogP contribution is -2.57. The normalized spacial score (nSPS) is 24.5. The first-order valence-corrected chi connectivity index (χ1v) is 34.0. The fraction of sp³-hybridized carbons (Fsp3) is 0.422. The van der Waals surface area contributed by atoms with Crippen LogP contribution in [0.1, 0.15) is 87.5 Å². The third-order valence-electron chi connectivity index (χ3n) is 17.3. The van der Waals surface area contributed by atoms with Gasteiger partial charge in [-0.25, -0.2) is 34.4 Å². The summed E-state index contributed by atoms with van der Waals surface area (Å²) in [6.07, 6.45) is 5.70. The number of aliphatic hydroxyl groups excluding tert-OH is 1. The molecule has 23 heteroatoms. The predicted molar refractivity (Wildman–Crippen MR) is 332 cm³/mol. The molecule has 0 amide bonds. The van der Waals surface area contributed by atoms with Crippen LogP contribution in [0.4, 0.5) is 17.6 Å². The van der Waals surface area contributed by atoms with Gasteiger partial charge in [0.05, 0.1) is 52.4 Å². The molecule has 6 aromatic carbocycles. The Hall–Kier alpha value is -4.93. The number of hydrogen-bond donors (Lipinski definition) is 1. The number of carbonyl (C=O) groups excluding carboxylic acids is 1. The number of sulfone groups is 2. The van der Waals surface area contributed by atoms with E-state index in [2.05, 4.69) is 72.3 Å². The molecule has 4 fully saturated rings. The number of Topliss-reactive ketones (excluding diaryl/α,β-unsaturated/α-hetero) is 1. The van der Waals surface area contributed by atoms with Gasteiger partial charge < -0.3 is 38.3 Å². The zero-order chi connectivity index (χ0) is 61.8. The predicted octanol–water partition coefficient (Wildman–Crippen LogP) is 12.8. The number of rotatable bonds is 12. The third kappa shape index (κ3) is 12.9. The van der Waals surface area contributed by atoms with Crippen molar-refractivity contribution in [1.82, 2.24) is 4.81 Å². The number of fused-ring (bicyclic) bond motifs is 7. The van der Waals surface area contributed by atoms with Gasteiger partial charge in [-0.1, -0.05) is 83.9 Å². The summed E-state index contributed by atoms with van der Waals surface area (Å²) in [5, 5.41) is 10.4. The highest BCUT2D eigenvalue weighted by Crippen LogP contribution is 2.58. The monoisotopic (exact) mass is 1290 g/mol. The minimum atomic E-state index is -4.23. The van der Waals surface area contributed by atoms with E-state index in [4.69, 9.17) is 46.8 Å². The van der Waals surface area contributed by atoms with Gasteiger partial charge in [0.25, 0.3) is 0 Å². The summed E-state index contributed by atoms with van der Waals surface area (Å²) in [5.41, 5.74) is 1.63. The van der Waals surface area contributed by atoms with E-state index < -0.39 is 82.6 Å². The average molecular weight is 1290 g/mol. The lowest BCUT2D eigenvalue weighted by atomic mass is 9.74. The Bertz CT molecular complexity index is 3530. The summed E-state index contributed by atoms with van der Waals surface area (Å²) >= 11 is 13.6. The molecule has 0 bridgehead atoms. The minimum Gasteiger partial charge on any atom is -0.490 e. The zero-order valence-corrected chi connectivity index (χ0v) is 52.9. The highest BCUT2D eigenvalue weighted by molar-refractivity contribution is 7.97. The van der Waals surface area contributed by atoms with Crippen LogP contribution in [0.2, 0.25) is 16.9 Å². The second-order valence-corrected chi connectivity index (χ2v) is 28.6. The van der Waals surface area contributed by atoms with Crippen LogP contribution in [-0.2, 0) is 53.7 Å². The molecule has 6 aromatic rings. The second kappa shape index (κ2) is 28.5. The van der Waals surface area contributed by atoms with Crippen molar-refractivity contribution in [2.24, 2.45) is 11.8 Å². The van der Waals surface area contributed by atoms with E-state index in [0.29, 0.717) is 28.9 Å². The van der Waals surface area contributed by atoms with Gasteiger partial charge in [0.1, 0.15) is 32.5 Å². The molecule has 0 saturated carbocycles. The number of benzene rings is 6. The summed E-state index contributed by atoms with van der Waals surface area (Å²) in [5.74, 6) is -5.78. The van der Waals surface area contributed by atoms with Crippen molar-refractivity contribution in [3.05, 3.63) is 189 Å². The number of halogens is 6. The molecule has 0 unspecified atom stereocenters. The van der Waals surface area contributed by atoms with Crippen molar-refractivity contribution in [3.8, 4) is 11.5 Å². The second-order valence-electron chi connectivity index (χ2n) is 22.5. The number of ether oxygens (including phenoxy) is 4. The van der Waals surface area contributed by atoms with Crippen LogP contribution in [0.3, 0.4) is 0 Å². The van der Waals surface area contributed by atoms with E-state index >= 15 is 8.78 Å². The van der Waals surface area contributed by atoms with Crippen LogP contribution in [0.5, 0.6) is 11.5 Å². The number of carbonyl (C=O) groups is 1. The van der Waals surface area contributed by atoms with Gasteiger partial charge in [-0.3, -0.25) is 0 Å². The average Bonchev–Trinajstić information content (AvgIpc) is 1.50. The first-order valence-electron chi connectivity index (χ1n) is 28.7. The Morgan fingerprint density at radius 3 is 1.51 bits per heavy atom. The molecule has 6 aliphatic rings. The molecule has 4 saturated heterocycles. The number of nitrogens with zero attached hydrogens (tertiary/aromatic N) is 1. The Morgan fingerprint density at radius 1 is 0.678 bits per heavy atom. The highest BCUT2D eigenvalue weighted by atomic mass is 35.5. The van der Waals surface area contributed by atoms with Gasteiger partial charge in [-0.05, 0) is 169 Å². The molecular weight excluding hydrogens is 1220 g/mol. The van der Waals surface area contributed by atoms with Gasteiger partial charge in [0, 0.05) is 56.0 Å². The maximum absolute atomic E-state index is 15.2. The van der Waals surface area contributed by atoms with Gasteiger partial charge in [-0.2, -0.15) is 11.8 Å². The highest BCUT2D eigenvalue weighted by Gasteiger charge is 2.63. The van der Waals surface area contributed by atoms with E-state index in [1.165, 1.54) is 79.4 Å². The fourth-order valence-corrected chi connectivity index (χ4v) is 18.5. The van der Waals surface area contributed by atoms with Crippen LogP contribution in [0.25, 0.3) is 0 Å². The third-order valence-corrected chi connectivity index (χ3v) is 23.0. The first-order chi connectivity index (χ1) is 41.1. The molecule has 8 atom stereocenters. The van der Waals surface area contributed by atoms with Crippen LogP contribution >= 0.6 is 35.0 Å². The minimum absolute atomic E-state index is 0. The van der Waals surface area contributed by atoms with Crippen molar-refractivity contribution in [3.63, 3.8) is 0 Å². The van der Waals surface area contributed by atoms with E-state index in [0.717, 1.165) is 30.8 Å². The molecule has 0 aromatic heterocycles. The molecule has 12 rings (SSSR count). The van der Waals surface area contributed by atoms with E-state index in [1.807, 2.05) is 12.5 Å². The largest absolute Gasteiger partial charge is 0.490 e. The van der Waals surface area contributed by atoms with Crippen LogP contribution in [0, 0.1) is 35.1 Å². The summed E-state index contributed by atoms with van der Waals surface area (Å²) < 4.78 is 142. The Balaban J connectivity index is 0.000000167. The van der Waals surface area contributed by atoms with Crippen molar-refractivity contribution in [1.29, 1.82) is 0 Å². The number of ketones is 1. The quantitative estimate of drug-likeness (QED) is 0.0914. The standard InChI is InChI=1S/C22H23ClF2O5S.C22H21ClF2O5S.C18H20BNO.C2H6S.B/c2*1-13(26)2-9-19-16-12-30-21-18(25)8-7-17(24)20(21)22(16,10-11-29-19)31(27,28)15-5-3-14(23)4-6-15;1-19-20-14-8-13-17(20)18(21-19,15-9-4-2-5-10-15)16-11-6-3-7-12-16;1-3-2;/h3-8,13,16,19,26H,2,9-12H2,1H3;3-8,16,19H,2,9-12H2,1H3;2-7,9-12,17H,8,13-14H2,1H3;1-2H3;/t13-,16-,19-,22-;16-,19-,22-;17-;;/m001../s1. The van der Waals surface area contributed by atoms with Crippen molar-refractivity contribution in [2.75, 3.05) is 45.5 Å². The van der Waals surface area contributed by atoms with Gasteiger partial charge >= 0.3 is 7.05 Å². The molecule has 3 radical (unpaired) electrons. The smallest absolute Gasteiger partial charge is 0.380 e. The van der Waals surface area contributed by atoms with E-state index in [9.17, 15) is 35.5 Å². The van der Waals surface area contributed by atoms with Crippen LogP contribution in [0.15, 0.2) is 143 Å². The van der Waals surface area contributed by atoms with E-state index in [-0.39, 0.29) is 111 Å². The molecule has 87 heavy (non-hydrogen) atoms. The summed E-state index contributed by atoms with van der Waals surface area (Å²) in [7, 11) is -8.27. The molecule has 6 aliphatic heterocycles. The molecule has 0 spiro atoms. The summed E-state index contributed by atoms with van der Waals surface area (Å²) in [6, 6.07) is 36.8. The molecule has 12 nitrogen and oxygen atoms in total. The molecule has 463 valence electrons. The van der Waals surface area contributed by atoms with Crippen molar-refractivity contribution < 1.29 is 67.9 Å². The number of hydrogen-bond acceptors (Lipinski definition) is 13. The Kier molecular flexibility index (Phi) is 22.3. The SMILES string of the molecule is CB1OC(c2ccccc2)(c2ccccc2)[C@H]2CCCN12.CC(=O)CC[C@@H]1OCC[C@@]2(S(=O)(=O)c3ccc(Cl)cc3)c3c(F)ccc(F)c3OC[C@@H]12.CSC.C[C@H](O)CC[C@@H]1OCC[C@@]2(S(=O)(=O)c3ccc(Cl)cc3)c3c(F)ccc(F)c3OC[C@@H]12.[B].